The first kappa shape index (κ1) is 8.61. The summed E-state index contributed by atoms with van der Waals surface area (Å²) < 4.78 is 0.940. The van der Waals surface area contributed by atoms with Crippen LogP contribution in [-0.2, 0) is 0 Å². The Labute approximate surface area is 88.3 Å². The third-order valence-corrected chi connectivity index (χ3v) is 2.81. The van der Waals surface area contributed by atoms with Gasteiger partial charge in [0.25, 0.3) is 0 Å². The first-order valence-electron chi connectivity index (χ1n) is 3.58. The van der Waals surface area contributed by atoms with Crippen molar-refractivity contribution in [2.24, 2.45) is 0 Å². The van der Waals surface area contributed by atoms with Gasteiger partial charge in [-0.3, -0.25) is 0 Å². The van der Waals surface area contributed by atoms with Crippen LogP contribution in [0.2, 0.25) is 5.02 Å². The minimum atomic E-state index is 0.476. The number of hydrogen-bond donors (Lipinski definition) is 1. The van der Waals surface area contributed by atoms with E-state index in [1.165, 1.54) is 0 Å². The molecule has 0 bridgehead atoms. The predicted octanol–water partition coefficient (Wildman–Crippen LogP) is 3.46. The quantitative estimate of drug-likeness (QED) is 0.769. The number of aromatic nitrogens is 1. The fourth-order valence-electron chi connectivity index (χ4n) is 1.19. The van der Waals surface area contributed by atoms with Gasteiger partial charge in [0, 0.05) is 21.6 Å². The molecule has 0 spiro atoms. The summed E-state index contributed by atoms with van der Waals surface area (Å²) in [5.74, 6) is 0. The Hall–Kier alpha value is -0.980. The summed E-state index contributed by atoms with van der Waals surface area (Å²) in [4.78, 5) is 3.04. The van der Waals surface area contributed by atoms with E-state index in [9.17, 15) is 0 Å². The Morgan fingerprint density at radius 1 is 1.46 bits per heavy atom. The molecule has 0 aliphatic carbocycles. The van der Waals surface area contributed by atoms with E-state index < -0.39 is 0 Å². The highest BCUT2D eigenvalue weighted by molar-refractivity contribution is 9.10. The molecule has 0 unspecified atom stereocenters. The Balaban J connectivity index is 2.86. The summed E-state index contributed by atoms with van der Waals surface area (Å²) in [6.07, 6.45) is 1.82. The summed E-state index contributed by atoms with van der Waals surface area (Å²) in [6, 6.07) is 5.55. The maximum atomic E-state index is 8.75. The third-order valence-electron chi connectivity index (χ3n) is 1.84. The van der Waals surface area contributed by atoms with Gasteiger partial charge in [-0.25, -0.2) is 0 Å². The number of nitriles is 1. The van der Waals surface area contributed by atoms with Gasteiger partial charge in [-0.05, 0) is 28.1 Å². The van der Waals surface area contributed by atoms with E-state index in [2.05, 4.69) is 20.9 Å². The fourth-order valence-corrected chi connectivity index (χ4v) is 1.84. The first-order chi connectivity index (χ1) is 6.22. The van der Waals surface area contributed by atoms with Crippen molar-refractivity contribution >= 4 is 38.4 Å². The molecule has 64 valence electrons. The SMILES string of the molecule is N#Cc1cc2c(Br)c[nH]c2cc1Cl. The summed E-state index contributed by atoms with van der Waals surface area (Å²) >= 11 is 9.23. The molecule has 4 heteroatoms. The van der Waals surface area contributed by atoms with Crippen LogP contribution in [0.4, 0.5) is 0 Å². The van der Waals surface area contributed by atoms with Crippen LogP contribution in [0, 0.1) is 11.3 Å². The number of rotatable bonds is 0. The van der Waals surface area contributed by atoms with Crippen LogP contribution in [0.25, 0.3) is 10.9 Å². The van der Waals surface area contributed by atoms with E-state index in [1.807, 2.05) is 12.3 Å². The average Bonchev–Trinajstić information content (AvgIpc) is 2.46. The number of nitrogens with one attached hydrogen (secondary N) is 1. The number of hydrogen-bond acceptors (Lipinski definition) is 1. The van der Waals surface area contributed by atoms with Crippen LogP contribution in [0.5, 0.6) is 0 Å². The Bertz CT molecular complexity index is 510. The molecule has 1 aromatic carbocycles. The fraction of sp³-hybridized carbons (Fsp3) is 0. The molecule has 1 aromatic heterocycles. The molecule has 0 aliphatic heterocycles. The standard InChI is InChI=1S/C9H4BrClN2/c10-7-4-13-9-2-8(11)5(3-12)1-6(7)9/h1-2,4,13H. The molecule has 1 N–H and O–H groups in total. The van der Waals surface area contributed by atoms with E-state index in [-0.39, 0.29) is 0 Å². The smallest absolute Gasteiger partial charge is 0.101 e. The third kappa shape index (κ3) is 1.32. The molecule has 13 heavy (non-hydrogen) atoms. The summed E-state index contributed by atoms with van der Waals surface area (Å²) in [5, 5.41) is 10.2. The lowest BCUT2D eigenvalue weighted by Crippen LogP contribution is -1.77. The topological polar surface area (TPSA) is 39.6 Å². The molecule has 2 nitrogen and oxygen atoms in total. The normalized spacial score (nSPS) is 10.2. The number of fused-ring (bicyclic) bond motifs is 1. The molecular formula is C9H4BrClN2. The minimum Gasteiger partial charge on any atom is -0.360 e. The molecule has 0 radical (unpaired) electrons. The number of nitrogens with zero attached hydrogens (tertiary/aromatic N) is 1. The number of benzene rings is 1. The molecule has 0 saturated carbocycles. The number of H-pyrrole nitrogens is 1. The molecule has 0 saturated heterocycles. The minimum absolute atomic E-state index is 0.476. The predicted molar refractivity (Wildman–Crippen MR) is 55.7 cm³/mol. The molecule has 2 aromatic rings. The van der Waals surface area contributed by atoms with Crippen molar-refractivity contribution in [1.82, 2.24) is 4.98 Å². The van der Waals surface area contributed by atoms with Gasteiger partial charge in [-0.1, -0.05) is 11.6 Å². The van der Waals surface area contributed by atoms with Gasteiger partial charge in [0.15, 0.2) is 0 Å². The molecule has 0 atom stereocenters. The second kappa shape index (κ2) is 3.06. The molecule has 2 rings (SSSR count). The second-order valence-electron chi connectivity index (χ2n) is 2.63. The zero-order valence-corrected chi connectivity index (χ0v) is 8.78. The summed E-state index contributed by atoms with van der Waals surface area (Å²) in [5.41, 5.74) is 1.42. The van der Waals surface area contributed by atoms with Crippen molar-refractivity contribution in [3.05, 3.63) is 33.4 Å². The largest absolute Gasteiger partial charge is 0.360 e. The zero-order valence-electron chi connectivity index (χ0n) is 6.44. The van der Waals surface area contributed by atoms with E-state index in [0.29, 0.717) is 10.6 Å². The van der Waals surface area contributed by atoms with Gasteiger partial charge in [-0.2, -0.15) is 5.26 Å². The lowest BCUT2D eigenvalue weighted by molar-refractivity contribution is 1.46. The summed E-state index contributed by atoms with van der Waals surface area (Å²) in [7, 11) is 0. The van der Waals surface area contributed by atoms with E-state index in [1.54, 1.807) is 12.1 Å². The molecule has 0 fully saturated rings. The van der Waals surface area contributed by atoms with Crippen LogP contribution in [0.15, 0.2) is 22.8 Å². The highest BCUT2D eigenvalue weighted by Crippen LogP contribution is 2.28. The van der Waals surface area contributed by atoms with Gasteiger partial charge in [-0.15, -0.1) is 0 Å². The molecule has 1 heterocycles. The average molecular weight is 256 g/mol. The Kier molecular flexibility index (Phi) is 2.03. The van der Waals surface area contributed by atoms with Gasteiger partial charge in [0.1, 0.15) is 6.07 Å². The van der Waals surface area contributed by atoms with Crippen molar-refractivity contribution in [2.75, 3.05) is 0 Å². The van der Waals surface area contributed by atoms with Crippen LogP contribution in [-0.4, -0.2) is 4.98 Å². The van der Waals surface area contributed by atoms with E-state index in [4.69, 9.17) is 16.9 Å². The van der Waals surface area contributed by atoms with Gasteiger partial charge in [0.2, 0.25) is 0 Å². The zero-order chi connectivity index (χ0) is 9.42. The molecule has 0 amide bonds. The number of halogens is 2. The lowest BCUT2D eigenvalue weighted by atomic mass is 10.2. The van der Waals surface area contributed by atoms with Gasteiger partial charge >= 0.3 is 0 Å². The Morgan fingerprint density at radius 3 is 2.92 bits per heavy atom. The number of aromatic amines is 1. The van der Waals surface area contributed by atoms with E-state index >= 15 is 0 Å². The van der Waals surface area contributed by atoms with Crippen molar-refractivity contribution < 1.29 is 0 Å². The van der Waals surface area contributed by atoms with Gasteiger partial charge < -0.3 is 4.98 Å². The Morgan fingerprint density at radius 2 is 2.23 bits per heavy atom. The second-order valence-corrected chi connectivity index (χ2v) is 3.89. The monoisotopic (exact) mass is 254 g/mol. The highest BCUT2D eigenvalue weighted by atomic mass is 79.9. The maximum Gasteiger partial charge on any atom is 0.101 e. The summed E-state index contributed by atoms with van der Waals surface area (Å²) in [6.45, 7) is 0. The highest BCUT2D eigenvalue weighted by Gasteiger charge is 2.05. The van der Waals surface area contributed by atoms with Crippen LogP contribution >= 0.6 is 27.5 Å². The van der Waals surface area contributed by atoms with Crippen molar-refractivity contribution in [1.29, 1.82) is 5.26 Å². The first-order valence-corrected chi connectivity index (χ1v) is 4.75. The van der Waals surface area contributed by atoms with Crippen molar-refractivity contribution in [3.8, 4) is 6.07 Å². The van der Waals surface area contributed by atoms with Gasteiger partial charge in [0.05, 0.1) is 10.6 Å². The molecule has 0 aliphatic rings. The van der Waals surface area contributed by atoms with Crippen LogP contribution in [0.1, 0.15) is 5.56 Å². The lowest BCUT2D eigenvalue weighted by Gasteiger charge is -1.95. The molecular weight excluding hydrogens is 251 g/mol. The van der Waals surface area contributed by atoms with E-state index in [0.717, 1.165) is 15.4 Å². The van der Waals surface area contributed by atoms with Crippen LogP contribution in [0.3, 0.4) is 0 Å². The van der Waals surface area contributed by atoms with Crippen molar-refractivity contribution in [3.63, 3.8) is 0 Å². The van der Waals surface area contributed by atoms with Crippen LogP contribution < -0.4 is 0 Å². The van der Waals surface area contributed by atoms with Crippen molar-refractivity contribution in [2.45, 2.75) is 0 Å². The maximum absolute atomic E-state index is 8.75.